The third-order valence-corrected chi connectivity index (χ3v) is 3.49. The minimum absolute atomic E-state index is 0.512. The highest BCUT2D eigenvalue weighted by atomic mass is 35.5. The van der Waals surface area contributed by atoms with Crippen molar-refractivity contribution in [2.75, 3.05) is 0 Å². The van der Waals surface area contributed by atoms with E-state index >= 15 is 0 Å². The first-order valence-electron chi connectivity index (χ1n) is 4.69. The van der Waals surface area contributed by atoms with Crippen molar-refractivity contribution >= 4 is 27.9 Å². The fourth-order valence-electron chi connectivity index (χ4n) is 1.46. The summed E-state index contributed by atoms with van der Waals surface area (Å²) in [5, 5.41) is 13.0. The molecule has 2 aromatic heterocycles. The van der Waals surface area contributed by atoms with Gasteiger partial charge in [0.25, 0.3) is 0 Å². The highest BCUT2D eigenvalue weighted by Crippen LogP contribution is 2.25. The summed E-state index contributed by atoms with van der Waals surface area (Å²) >= 11 is 7.31. The third-order valence-electron chi connectivity index (χ3n) is 2.22. The van der Waals surface area contributed by atoms with Crippen LogP contribution >= 0.6 is 22.9 Å². The summed E-state index contributed by atoms with van der Waals surface area (Å²) < 4.78 is 1.67. The van der Waals surface area contributed by atoms with Crippen LogP contribution in [0.15, 0.2) is 30.6 Å². The van der Waals surface area contributed by atoms with Crippen molar-refractivity contribution in [3.8, 4) is 10.6 Å². The van der Waals surface area contributed by atoms with E-state index in [2.05, 4.69) is 15.3 Å². The normalized spacial score (nSPS) is 11.1. The van der Waals surface area contributed by atoms with Crippen LogP contribution in [-0.4, -0.2) is 19.8 Å². The van der Waals surface area contributed by atoms with Gasteiger partial charge in [0.15, 0.2) is 0 Å². The number of nitrogens with zero attached hydrogens (tertiary/aromatic N) is 4. The van der Waals surface area contributed by atoms with Crippen molar-refractivity contribution in [1.29, 1.82) is 0 Å². The molecule has 0 saturated heterocycles. The van der Waals surface area contributed by atoms with Gasteiger partial charge in [-0.1, -0.05) is 29.5 Å². The zero-order valence-electron chi connectivity index (χ0n) is 8.17. The van der Waals surface area contributed by atoms with Gasteiger partial charge in [-0.25, -0.2) is 0 Å². The molecule has 0 atom stereocenters. The van der Waals surface area contributed by atoms with Crippen LogP contribution < -0.4 is 0 Å². The van der Waals surface area contributed by atoms with E-state index in [4.69, 9.17) is 11.6 Å². The second kappa shape index (κ2) is 3.84. The number of benzene rings is 1. The average molecular weight is 251 g/mol. The molecular weight excluding hydrogens is 244 g/mol. The molecule has 4 nitrogen and oxygen atoms in total. The van der Waals surface area contributed by atoms with Crippen LogP contribution in [0, 0.1) is 0 Å². The Morgan fingerprint density at radius 2 is 2.31 bits per heavy atom. The highest BCUT2D eigenvalue weighted by molar-refractivity contribution is 7.19. The Labute approximate surface area is 101 Å². The van der Waals surface area contributed by atoms with E-state index in [1.165, 1.54) is 11.3 Å². The minimum Gasteiger partial charge on any atom is -0.190 e. The molecule has 0 radical (unpaired) electrons. The molecule has 0 aliphatic rings. The number of hydrogen-bond acceptors (Lipinski definition) is 4. The molecule has 80 valence electrons. The van der Waals surface area contributed by atoms with Crippen molar-refractivity contribution in [3.05, 3.63) is 36.2 Å². The summed E-state index contributed by atoms with van der Waals surface area (Å²) in [7, 11) is 0. The van der Waals surface area contributed by atoms with E-state index in [0.717, 1.165) is 21.1 Å². The van der Waals surface area contributed by atoms with Gasteiger partial charge in [-0.2, -0.15) is 9.61 Å². The fourth-order valence-corrected chi connectivity index (χ4v) is 2.45. The van der Waals surface area contributed by atoms with Crippen LogP contribution in [0.25, 0.3) is 15.5 Å². The molecule has 3 rings (SSSR count). The van der Waals surface area contributed by atoms with Gasteiger partial charge in [-0.05, 0) is 11.6 Å². The molecule has 2 heterocycles. The summed E-state index contributed by atoms with van der Waals surface area (Å²) in [6.45, 7) is 0. The van der Waals surface area contributed by atoms with E-state index in [1.807, 2.05) is 24.3 Å². The van der Waals surface area contributed by atoms with Gasteiger partial charge in [0, 0.05) is 11.4 Å². The van der Waals surface area contributed by atoms with Crippen molar-refractivity contribution in [2.24, 2.45) is 0 Å². The van der Waals surface area contributed by atoms with Crippen molar-refractivity contribution < 1.29 is 0 Å². The summed E-state index contributed by atoms with van der Waals surface area (Å²) in [6.07, 6.45) is 1.60. The molecule has 0 fully saturated rings. The van der Waals surface area contributed by atoms with Crippen molar-refractivity contribution in [2.45, 2.75) is 5.88 Å². The van der Waals surface area contributed by atoms with Crippen LogP contribution in [0.2, 0.25) is 0 Å². The number of alkyl halides is 1. The Bertz CT molecular complexity index is 602. The largest absolute Gasteiger partial charge is 0.234 e. The van der Waals surface area contributed by atoms with Crippen LogP contribution in [0.4, 0.5) is 0 Å². The number of fused-ring (bicyclic) bond motifs is 1. The highest BCUT2D eigenvalue weighted by Gasteiger charge is 2.07. The molecule has 0 bridgehead atoms. The quantitative estimate of drug-likeness (QED) is 0.657. The van der Waals surface area contributed by atoms with Crippen molar-refractivity contribution in [1.82, 2.24) is 19.8 Å². The predicted octanol–water partition coefficient (Wildman–Crippen LogP) is 2.59. The lowest BCUT2D eigenvalue weighted by Crippen LogP contribution is -1.84. The summed E-state index contributed by atoms with van der Waals surface area (Å²) in [5.41, 5.74) is 2.15. The monoisotopic (exact) mass is 250 g/mol. The first-order valence-corrected chi connectivity index (χ1v) is 6.04. The van der Waals surface area contributed by atoms with Gasteiger partial charge in [-0.15, -0.1) is 21.8 Å². The molecule has 6 heteroatoms. The fraction of sp³-hybridized carbons (Fsp3) is 0.100. The SMILES string of the molecule is ClCc1cccc(-c2nn3cnnc3s2)c1. The predicted molar refractivity (Wildman–Crippen MR) is 63.7 cm³/mol. The maximum Gasteiger partial charge on any atom is 0.234 e. The molecule has 3 aromatic rings. The van der Waals surface area contributed by atoms with Gasteiger partial charge < -0.3 is 0 Å². The lowest BCUT2D eigenvalue weighted by Gasteiger charge is -1.98. The van der Waals surface area contributed by atoms with Crippen LogP contribution in [0.1, 0.15) is 5.56 Å². The minimum atomic E-state index is 0.512. The molecule has 1 aromatic carbocycles. The number of halogens is 1. The van der Waals surface area contributed by atoms with E-state index < -0.39 is 0 Å². The Balaban J connectivity index is 2.11. The van der Waals surface area contributed by atoms with Crippen molar-refractivity contribution in [3.63, 3.8) is 0 Å². The van der Waals surface area contributed by atoms with Crippen LogP contribution in [0.5, 0.6) is 0 Å². The Morgan fingerprint density at radius 3 is 3.12 bits per heavy atom. The van der Waals surface area contributed by atoms with Gasteiger partial charge in [-0.3, -0.25) is 0 Å². The number of rotatable bonds is 2. The zero-order chi connectivity index (χ0) is 11.0. The molecule has 0 N–H and O–H groups in total. The first-order chi connectivity index (χ1) is 7.86. The van der Waals surface area contributed by atoms with E-state index in [1.54, 1.807) is 10.8 Å². The molecule has 0 aliphatic heterocycles. The molecule has 16 heavy (non-hydrogen) atoms. The number of aromatic nitrogens is 4. The van der Waals surface area contributed by atoms with Gasteiger partial charge in [0.05, 0.1) is 0 Å². The summed E-state index contributed by atoms with van der Waals surface area (Å²) in [4.78, 5) is 0.797. The summed E-state index contributed by atoms with van der Waals surface area (Å²) in [5.74, 6) is 0.512. The first kappa shape index (κ1) is 9.74. The zero-order valence-corrected chi connectivity index (χ0v) is 9.74. The number of hydrogen-bond donors (Lipinski definition) is 0. The summed E-state index contributed by atoms with van der Waals surface area (Å²) in [6, 6.07) is 8.03. The molecule has 0 spiro atoms. The average Bonchev–Trinajstić information content (AvgIpc) is 2.89. The standard InChI is InChI=1S/C10H7ClN4S/c11-5-7-2-1-3-8(4-7)9-14-15-6-12-13-10(15)16-9/h1-4,6H,5H2. The van der Waals surface area contributed by atoms with Gasteiger partial charge in [0.2, 0.25) is 4.96 Å². The lowest BCUT2D eigenvalue weighted by atomic mass is 10.1. The van der Waals surface area contributed by atoms with E-state index in [0.29, 0.717) is 5.88 Å². The van der Waals surface area contributed by atoms with Gasteiger partial charge >= 0.3 is 0 Å². The molecule has 0 unspecified atom stereocenters. The lowest BCUT2D eigenvalue weighted by molar-refractivity contribution is 0.959. The second-order valence-corrected chi connectivity index (χ2v) is 4.52. The smallest absolute Gasteiger partial charge is 0.190 e. The molecular formula is C10H7ClN4S. The Morgan fingerprint density at radius 1 is 1.38 bits per heavy atom. The van der Waals surface area contributed by atoms with Crippen LogP contribution in [-0.2, 0) is 5.88 Å². The molecule has 0 aliphatic carbocycles. The Kier molecular flexibility index (Phi) is 2.34. The van der Waals surface area contributed by atoms with Gasteiger partial charge in [0.1, 0.15) is 11.3 Å². The topological polar surface area (TPSA) is 43.1 Å². The molecule has 0 amide bonds. The maximum absolute atomic E-state index is 5.80. The van der Waals surface area contributed by atoms with E-state index in [9.17, 15) is 0 Å². The third kappa shape index (κ3) is 1.58. The van der Waals surface area contributed by atoms with E-state index in [-0.39, 0.29) is 0 Å². The molecule has 0 saturated carbocycles. The Hall–Kier alpha value is -1.46. The maximum atomic E-state index is 5.80. The second-order valence-electron chi connectivity index (χ2n) is 3.30. The van der Waals surface area contributed by atoms with Crippen LogP contribution in [0.3, 0.4) is 0 Å².